The zero-order valence-corrected chi connectivity index (χ0v) is 21.6. The van der Waals surface area contributed by atoms with Crippen molar-refractivity contribution in [3.8, 4) is 33.8 Å². The van der Waals surface area contributed by atoms with Gasteiger partial charge in [-0.05, 0) is 50.4 Å². The number of nitrogens with zero attached hydrogens (tertiary/aromatic N) is 2. The number of hydrogen-bond donors (Lipinski definition) is 0. The minimum Gasteiger partial charge on any atom is -0.399 e. The number of hydrogen-bond acceptors (Lipinski definition) is 4. The highest BCUT2D eigenvalue weighted by atomic mass is 16.7. The summed E-state index contributed by atoms with van der Waals surface area (Å²) in [6.45, 7) is 8.34. The van der Waals surface area contributed by atoms with Crippen LogP contribution in [0.25, 0.3) is 44.7 Å². The van der Waals surface area contributed by atoms with Crippen molar-refractivity contribution in [1.29, 1.82) is 0 Å². The molecule has 0 aliphatic carbocycles. The number of aromatic nitrogens is 2. The summed E-state index contributed by atoms with van der Waals surface area (Å²) in [6.07, 6.45) is 0. The number of fused-ring (bicyclic) bond motifs is 1. The molecule has 0 N–H and O–H groups in total. The minimum atomic E-state index is -0.530. The number of rotatable bonds is 4. The molecule has 0 atom stereocenters. The Kier molecular flexibility index (Phi) is 5.71. The lowest BCUT2D eigenvalue weighted by molar-refractivity contribution is 0.00578. The van der Waals surface area contributed by atoms with Crippen LogP contribution < -0.4 is 5.46 Å². The molecule has 2 heterocycles. The van der Waals surface area contributed by atoms with Gasteiger partial charge in [-0.25, -0.2) is 9.97 Å². The predicted molar refractivity (Wildman–Crippen MR) is 152 cm³/mol. The van der Waals surface area contributed by atoms with Crippen molar-refractivity contribution >= 4 is 23.5 Å². The van der Waals surface area contributed by atoms with Gasteiger partial charge in [-0.3, -0.25) is 0 Å². The Bertz CT molecular complexity index is 1570. The van der Waals surface area contributed by atoms with Crippen molar-refractivity contribution in [1.82, 2.24) is 9.97 Å². The van der Waals surface area contributed by atoms with Crippen LogP contribution in [0.4, 0.5) is 0 Å². The second kappa shape index (κ2) is 8.95. The average molecular weight is 484 g/mol. The third-order valence-electron chi connectivity index (χ3n) is 7.56. The Morgan fingerprint density at radius 3 is 1.86 bits per heavy atom. The molecule has 37 heavy (non-hydrogen) atoms. The Labute approximate surface area is 218 Å². The van der Waals surface area contributed by atoms with Crippen LogP contribution in [-0.4, -0.2) is 28.3 Å². The van der Waals surface area contributed by atoms with Gasteiger partial charge in [-0.1, -0.05) is 97.1 Å². The summed E-state index contributed by atoms with van der Waals surface area (Å²) in [6, 6.07) is 35.2. The van der Waals surface area contributed by atoms with Crippen LogP contribution in [0.3, 0.4) is 0 Å². The van der Waals surface area contributed by atoms with Crippen molar-refractivity contribution in [2.24, 2.45) is 0 Å². The molecule has 1 saturated heterocycles. The second-order valence-corrected chi connectivity index (χ2v) is 10.5. The zero-order chi connectivity index (χ0) is 25.6. The summed E-state index contributed by atoms with van der Waals surface area (Å²) < 4.78 is 13.1. The van der Waals surface area contributed by atoms with E-state index in [9.17, 15) is 0 Å². The highest BCUT2D eigenvalue weighted by Gasteiger charge is 2.52. The monoisotopic (exact) mass is 484 g/mol. The van der Waals surface area contributed by atoms with E-state index in [1.165, 1.54) is 0 Å². The molecule has 4 aromatic carbocycles. The average Bonchev–Trinajstić information content (AvgIpc) is 3.15. The van der Waals surface area contributed by atoms with Crippen molar-refractivity contribution in [3.05, 3.63) is 103 Å². The fourth-order valence-electron chi connectivity index (χ4n) is 4.75. The summed E-state index contributed by atoms with van der Waals surface area (Å²) in [7, 11) is -0.530. The van der Waals surface area contributed by atoms with E-state index in [0.29, 0.717) is 5.82 Å². The van der Waals surface area contributed by atoms with Crippen molar-refractivity contribution < 1.29 is 9.31 Å². The molecule has 4 nitrogen and oxygen atoms in total. The van der Waals surface area contributed by atoms with Crippen LogP contribution in [0.15, 0.2) is 103 Å². The summed E-state index contributed by atoms with van der Waals surface area (Å²) >= 11 is 0. The van der Waals surface area contributed by atoms with Crippen LogP contribution in [0.5, 0.6) is 0 Å². The number of benzene rings is 4. The van der Waals surface area contributed by atoms with Crippen LogP contribution in [0.2, 0.25) is 0 Å². The van der Waals surface area contributed by atoms with Crippen molar-refractivity contribution in [3.63, 3.8) is 0 Å². The Morgan fingerprint density at radius 2 is 1.19 bits per heavy atom. The minimum absolute atomic E-state index is 0.458. The normalized spacial score (nSPS) is 16.3. The Morgan fingerprint density at radius 1 is 0.595 bits per heavy atom. The van der Waals surface area contributed by atoms with Gasteiger partial charge in [0.2, 0.25) is 0 Å². The van der Waals surface area contributed by atoms with Gasteiger partial charge in [0.25, 0.3) is 0 Å². The third-order valence-corrected chi connectivity index (χ3v) is 7.56. The molecule has 0 unspecified atom stereocenters. The fraction of sp³-hybridized carbons (Fsp3) is 0.188. The van der Waals surface area contributed by atoms with E-state index in [-0.39, 0.29) is 0 Å². The summed E-state index contributed by atoms with van der Waals surface area (Å²) in [5.41, 5.74) is 6.03. The highest BCUT2D eigenvalue weighted by molar-refractivity contribution is 6.64. The van der Waals surface area contributed by atoms with Crippen molar-refractivity contribution in [2.75, 3.05) is 0 Å². The molecule has 5 aromatic rings. The first-order valence-corrected chi connectivity index (χ1v) is 12.7. The molecular formula is C32H29BN2O2. The Balaban J connectivity index is 1.59. The van der Waals surface area contributed by atoms with E-state index >= 15 is 0 Å². The molecule has 1 fully saturated rings. The molecule has 0 radical (unpaired) electrons. The first kappa shape index (κ1) is 23.6. The number of para-hydroxylation sites is 1. The van der Waals surface area contributed by atoms with Crippen LogP contribution in [-0.2, 0) is 9.31 Å². The van der Waals surface area contributed by atoms with Gasteiger partial charge in [0.15, 0.2) is 5.82 Å². The molecule has 182 valence electrons. The molecule has 5 heteroatoms. The van der Waals surface area contributed by atoms with Gasteiger partial charge in [0.05, 0.1) is 22.4 Å². The van der Waals surface area contributed by atoms with E-state index in [4.69, 9.17) is 19.3 Å². The van der Waals surface area contributed by atoms with Crippen LogP contribution >= 0.6 is 0 Å². The summed E-state index contributed by atoms with van der Waals surface area (Å²) in [5, 5.41) is 0.993. The maximum Gasteiger partial charge on any atom is 0.495 e. The van der Waals surface area contributed by atoms with Gasteiger partial charge >= 0.3 is 7.12 Å². The summed E-state index contributed by atoms with van der Waals surface area (Å²) in [4.78, 5) is 10.0. The highest BCUT2D eigenvalue weighted by Crippen LogP contribution is 2.38. The molecule has 0 amide bonds. The topological polar surface area (TPSA) is 44.2 Å². The summed E-state index contributed by atoms with van der Waals surface area (Å²) in [5.74, 6) is 0.696. The van der Waals surface area contributed by atoms with E-state index in [0.717, 1.165) is 44.3 Å². The van der Waals surface area contributed by atoms with E-state index in [1.54, 1.807) is 0 Å². The molecule has 0 spiro atoms. The molecule has 1 aliphatic rings. The first-order valence-electron chi connectivity index (χ1n) is 12.7. The molecule has 6 rings (SSSR count). The SMILES string of the molecule is CC1(C)OB(c2cc(-c3ccccc3)ccc2-c2nc(-c3ccccc3)nc3ccccc23)OC1(C)C. The van der Waals surface area contributed by atoms with Crippen molar-refractivity contribution in [2.45, 2.75) is 38.9 Å². The molecule has 0 bridgehead atoms. The van der Waals surface area contributed by atoms with E-state index < -0.39 is 18.3 Å². The molecule has 0 saturated carbocycles. The fourth-order valence-corrected chi connectivity index (χ4v) is 4.75. The maximum absolute atomic E-state index is 6.56. The lowest BCUT2D eigenvalue weighted by Gasteiger charge is -2.32. The quantitative estimate of drug-likeness (QED) is 0.260. The van der Waals surface area contributed by atoms with Crippen LogP contribution in [0.1, 0.15) is 27.7 Å². The zero-order valence-electron chi connectivity index (χ0n) is 21.6. The van der Waals surface area contributed by atoms with Gasteiger partial charge in [0, 0.05) is 16.5 Å². The molecule has 1 aromatic heterocycles. The van der Waals surface area contributed by atoms with Gasteiger partial charge in [-0.2, -0.15) is 0 Å². The largest absolute Gasteiger partial charge is 0.495 e. The van der Waals surface area contributed by atoms with E-state index in [2.05, 4.69) is 76.2 Å². The lowest BCUT2D eigenvalue weighted by atomic mass is 9.73. The lowest BCUT2D eigenvalue weighted by Crippen LogP contribution is -2.41. The first-order chi connectivity index (χ1) is 17.8. The Hall–Kier alpha value is -3.80. The maximum atomic E-state index is 6.56. The van der Waals surface area contributed by atoms with Gasteiger partial charge in [-0.15, -0.1) is 0 Å². The molecule has 1 aliphatic heterocycles. The second-order valence-electron chi connectivity index (χ2n) is 10.5. The standard InChI is InChI=1S/C32H29BN2O2/c1-31(2)32(3,4)37-33(36-31)27-21-24(22-13-7-5-8-14-22)19-20-25(27)29-26-17-11-12-18-28(26)34-30(35-29)23-15-9-6-10-16-23/h5-21H,1-4H3. The third kappa shape index (κ3) is 4.24. The van der Waals surface area contributed by atoms with Gasteiger partial charge < -0.3 is 9.31 Å². The smallest absolute Gasteiger partial charge is 0.399 e. The van der Waals surface area contributed by atoms with E-state index in [1.807, 2.05) is 54.6 Å². The van der Waals surface area contributed by atoms with Gasteiger partial charge in [0.1, 0.15) is 0 Å². The molecular weight excluding hydrogens is 455 g/mol. The predicted octanol–water partition coefficient (Wildman–Crippen LogP) is 6.93. The van der Waals surface area contributed by atoms with Crippen LogP contribution in [0, 0.1) is 0 Å².